The molecular weight excluding hydrogens is 348 g/mol. The third kappa shape index (κ3) is 3.33. The zero-order chi connectivity index (χ0) is 18.1. The Labute approximate surface area is 147 Å². The quantitative estimate of drug-likeness (QED) is 0.452. The zero-order valence-corrected chi connectivity index (χ0v) is 14.3. The highest BCUT2D eigenvalue weighted by atomic mass is 32.2. The lowest BCUT2D eigenvalue weighted by molar-refractivity contribution is -0.165. The minimum atomic E-state index is -1.30. The second-order valence-electron chi connectivity index (χ2n) is 5.39. The molecule has 2 atom stereocenters. The SMILES string of the molecule is CNC(=O)c1ccc(OC2=C(C(=O)O[C@H](C)O)N3C(=O)C[C@H]3S2)cc1. The Kier molecular flexibility index (Phi) is 4.69. The first kappa shape index (κ1) is 17.3. The van der Waals surface area contributed by atoms with Gasteiger partial charge >= 0.3 is 5.97 Å². The fourth-order valence-corrected chi connectivity index (χ4v) is 3.66. The van der Waals surface area contributed by atoms with Crippen LogP contribution in [0.25, 0.3) is 0 Å². The number of hydrogen-bond donors (Lipinski definition) is 2. The number of esters is 1. The maximum atomic E-state index is 12.2. The molecule has 1 fully saturated rings. The largest absolute Gasteiger partial charge is 0.448 e. The number of ether oxygens (including phenoxy) is 2. The average molecular weight is 364 g/mol. The van der Waals surface area contributed by atoms with E-state index in [9.17, 15) is 19.5 Å². The van der Waals surface area contributed by atoms with E-state index >= 15 is 0 Å². The van der Waals surface area contributed by atoms with Crippen molar-refractivity contribution in [3.8, 4) is 5.75 Å². The van der Waals surface area contributed by atoms with Gasteiger partial charge in [0, 0.05) is 12.6 Å². The fourth-order valence-electron chi connectivity index (χ4n) is 2.42. The predicted molar refractivity (Wildman–Crippen MR) is 88.1 cm³/mol. The highest BCUT2D eigenvalue weighted by molar-refractivity contribution is 8.03. The van der Waals surface area contributed by atoms with Crippen molar-refractivity contribution in [3.63, 3.8) is 0 Å². The lowest BCUT2D eigenvalue weighted by Gasteiger charge is -2.33. The molecule has 9 heteroatoms. The Morgan fingerprint density at radius 3 is 2.60 bits per heavy atom. The lowest BCUT2D eigenvalue weighted by atomic mass is 10.2. The van der Waals surface area contributed by atoms with E-state index in [1.54, 1.807) is 24.3 Å². The number of nitrogens with zero attached hydrogens (tertiary/aromatic N) is 1. The van der Waals surface area contributed by atoms with Crippen LogP contribution in [0.5, 0.6) is 5.75 Å². The van der Waals surface area contributed by atoms with Gasteiger partial charge in [0.1, 0.15) is 5.75 Å². The summed E-state index contributed by atoms with van der Waals surface area (Å²) in [6, 6.07) is 6.35. The summed E-state index contributed by atoms with van der Waals surface area (Å²) >= 11 is 1.24. The molecule has 2 N–H and O–H groups in total. The number of hydrogen-bond acceptors (Lipinski definition) is 7. The molecule has 0 bridgehead atoms. The topological polar surface area (TPSA) is 105 Å². The van der Waals surface area contributed by atoms with Gasteiger partial charge < -0.3 is 19.9 Å². The van der Waals surface area contributed by atoms with Gasteiger partial charge in [-0.2, -0.15) is 0 Å². The van der Waals surface area contributed by atoms with Crippen LogP contribution in [-0.4, -0.2) is 46.5 Å². The molecule has 0 saturated carbocycles. The predicted octanol–water partition coefficient (Wildman–Crippen LogP) is 0.781. The van der Waals surface area contributed by atoms with Crippen LogP contribution in [0.1, 0.15) is 23.7 Å². The summed E-state index contributed by atoms with van der Waals surface area (Å²) in [4.78, 5) is 36.8. The van der Waals surface area contributed by atoms with Crippen molar-refractivity contribution in [3.05, 3.63) is 40.6 Å². The Bertz CT molecular complexity index is 758. The number of rotatable bonds is 5. The Hall–Kier alpha value is -2.52. The van der Waals surface area contributed by atoms with Gasteiger partial charge in [-0.25, -0.2) is 4.79 Å². The number of amides is 2. The van der Waals surface area contributed by atoms with E-state index in [0.717, 1.165) is 0 Å². The van der Waals surface area contributed by atoms with Gasteiger partial charge in [0.15, 0.2) is 17.1 Å². The Morgan fingerprint density at radius 1 is 1.36 bits per heavy atom. The monoisotopic (exact) mass is 364 g/mol. The molecule has 0 aromatic heterocycles. The fraction of sp³-hybridized carbons (Fsp3) is 0.312. The number of thioether (sulfide) groups is 1. The summed E-state index contributed by atoms with van der Waals surface area (Å²) < 4.78 is 10.5. The van der Waals surface area contributed by atoms with Crippen molar-refractivity contribution >= 4 is 29.5 Å². The van der Waals surface area contributed by atoms with E-state index in [1.807, 2.05) is 0 Å². The van der Waals surface area contributed by atoms with Crippen molar-refractivity contribution in [2.45, 2.75) is 25.0 Å². The minimum Gasteiger partial charge on any atom is -0.448 e. The number of β-lactam (4-membered cyclic amide) rings is 1. The van der Waals surface area contributed by atoms with Crippen molar-refractivity contribution in [2.24, 2.45) is 0 Å². The van der Waals surface area contributed by atoms with E-state index in [-0.39, 0.29) is 28.0 Å². The third-order valence-electron chi connectivity index (χ3n) is 3.61. The standard InChI is InChI=1S/C16H16N2O6S/c1-8(19)23-15(22)13-16(25-12-7-11(20)18(12)13)24-10-5-3-9(4-6-10)14(21)17-2/h3-6,8,12,19H,7H2,1-2H3,(H,17,21)/t8-,12-/m1/s1. The number of carbonyl (C=O) groups excluding carboxylic acids is 3. The van der Waals surface area contributed by atoms with E-state index in [4.69, 9.17) is 9.47 Å². The molecule has 2 aliphatic rings. The first-order valence-corrected chi connectivity index (χ1v) is 8.40. The third-order valence-corrected chi connectivity index (χ3v) is 4.75. The van der Waals surface area contributed by atoms with Crippen LogP contribution in [0, 0.1) is 0 Å². The number of fused-ring (bicyclic) bond motifs is 1. The van der Waals surface area contributed by atoms with Gasteiger partial charge in [-0.1, -0.05) is 11.8 Å². The molecule has 0 radical (unpaired) electrons. The molecule has 0 unspecified atom stereocenters. The average Bonchev–Trinajstić information content (AvgIpc) is 2.86. The molecule has 1 aromatic carbocycles. The van der Waals surface area contributed by atoms with Gasteiger partial charge in [0.05, 0.1) is 11.8 Å². The van der Waals surface area contributed by atoms with Gasteiger partial charge in [0.2, 0.25) is 5.91 Å². The smallest absolute Gasteiger partial charge is 0.361 e. The molecule has 1 saturated heterocycles. The van der Waals surface area contributed by atoms with Crippen LogP contribution in [0.15, 0.2) is 35.1 Å². The van der Waals surface area contributed by atoms with Crippen LogP contribution < -0.4 is 10.1 Å². The molecule has 1 aromatic rings. The van der Waals surface area contributed by atoms with Crippen molar-refractivity contribution < 1.29 is 29.0 Å². The second kappa shape index (κ2) is 6.77. The summed E-state index contributed by atoms with van der Waals surface area (Å²) in [5.41, 5.74) is 0.457. The van der Waals surface area contributed by atoms with Crippen molar-refractivity contribution in [1.29, 1.82) is 0 Å². The first-order valence-electron chi connectivity index (χ1n) is 7.52. The van der Waals surface area contributed by atoms with E-state index < -0.39 is 12.3 Å². The molecule has 25 heavy (non-hydrogen) atoms. The van der Waals surface area contributed by atoms with Gasteiger partial charge in [-0.05, 0) is 31.2 Å². The maximum Gasteiger partial charge on any atom is 0.361 e. The molecular formula is C16H16N2O6S. The highest BCUT2D eigenvalue weighted by Crippen LogP contribution is 2.46. The van der Waals surface area contributed by atoms with E-state index in [2.05, 4.69) is 5.32 Å². The Balaban J connectivity index is 1.83. The van der Waals surface area contributed by atoms with E-state index in [0.29, 0.717) is 17.7 Å². The molecule has 0 spiro atoms. The molecule has 3 rings (SSSR count). The molecule has 0 aliphatic carbocycles. The Morgan fingerprint density at radius 2 is 2.04 bits per heavy atom. The minimum absolute atomic E-state index is 0.0115. The highest BCUT2D eigenvalue weighted by Gasteiger charge is 2.50. The van der Waals surface area contributed by atoms with Gasteiger partial charge in [-0.15, -0.1) is 0 Å². The van der Waals surface area contributed by atoms with Crippen LogP contribution in [0.2, 0.25) is 0 Å². The summed E-state index contributed by atoms with van der Waals surface area (Å²) in [6.07, 6.45) is -0.994. The molecule has 2 amide bonds. The van der Waals surface area contributed by atoms with Crippen LogP contribution in [-0.2, 0) is 14.3 Å². The molecule has 8 nitrogen and oxygen atoms in total. The van der Waals surface area contributed by atoms with Gasteiger partial charge in [0.25, 0.3) is 5.91 Å². The number of carbonyl (C=O) groups is 3. The van der Waals surface area contributed by atoms with Crippen LogP contribution in [0.4, 0.5) is 0 Å². The van der Waals surface area contributed by atoms with Crippen LogP contribution in [0.3, 0.4) is 0 Å². The first-order chi connectivity index (χ1) is 11.9. The molecule has 2 aliphatic heterocycles. The van der Waals surface area contributed by atoms with Crippen molar-refractivity contribution in [1.82, 2.24) is 10.2 Å². The maximum absolute atomic E-state index is 12.2. The number of aliphatic hydroxyl groups excluding tert-OH is 1. The van der Waals surface area contributed by atoms with E-state index in [1.165, 1.54) is 30.6 Å². The summed E-state index contributed by atoms with van der Waals surface area (Å²) in [7, 11) is 1.54. The van der Waals surface area contributed by atoms with Crippen LogP contribution >= 0.6 is 11.8 Å². The number of benzene rings is 1. The normalized spacial score (nSPS) is 19.9. The second-order valence-corrected chi connectivity index (χ2v) is 6.54. The number of aliphatic hydroxyl groups is 1. The lowest BCUT2D eigenvalue weighted by Crippen LogP contribution is -2.48. The summed E-state index contributed by atoms with van der Waals surface area (Å²) in [5, 5.41) is 11.8. The summed E-state index contributed by atoms with van der Waals surface area (Å²) in [5.74, 6) is -0.844. The zero-order valence-electron chi connectivity index (χ0n) is 13.5. The van der Waals surface area contributed by atoms with Gasteiger partial charge in [-0.3, -0.25) is 14.5 Å². The number of nitrogens with one attached hydrogen (secondary N) is 1. The van der Waals surface area contributed by atoms with Crippen molar-refractivity contribution in [2.75, 3.05) is 7.05 Å². The molecule has 2 heterocycles. The molecule has 132 valence electrons. The summed E-state index contributed by atoms with van der Waals surface area (Å²) in [6.45, 7) is 1.30.